The summed E-state index contributed by atoms with van der Waals surface area (Å²) in [5.74, 6) is 0. The highest BCUT2D eigenvalue weighted by Crippen LogP contribution is 2.20. The van der Waals surface area contributed by atoms with Crippen LogP contribution >= 0.6 is 0 Å². The van der Waals surface area contributed by atoms with Crippen LogP contribution in [0.1, 0.15) is 0 Å². The van der Waals surface area contributed by atoms with Crippen LogP contribution in [0.5, 0.6) is 0 Å². The highest BCUT2D eigenvalue weighted by atomic mass is 15.1. The van der Waals surface area contributed by atoms with Gasteiger partial charge in [-0.25, -0.2) is 0 Å². The first-order valence-electron chi connectivity index (χ1n) is 4.25. The number of H-pyrrole nitrogens is 1. The van der Waals surface area contributed by atoms with Gasteiger partial charge in [-0.1, -0.05) is 24.3 Å². The molecule has 0 radical (unpaired) electrons. The standard InChI is InChI=1S/C11H8N2/c1-2-4-9-6-11-10(7-12-13-11)5-8(9)3-1/h1-7H,(H,12,13). The van der Waals surface area contributed by atoms with Crippen LogP contribution in [0.25, 0.3) is 21.7 Å². The van der Waals surface area contributed by atoms with Crippen LogP contribution in [-0.2, 0) is 0 Å². The van der Waals surface area contributed by atoms with Gasteiger partial charge in [0.15, 0.2) is 0 Å². The molecule has 0 saturated heterocycles. The van der Waals surface area contributed by atoms with E-state index in [0.717, 1.165) is 5.52 Å². The minimum absolute atomic E-state index is 1.10. The summed E-state index contributed by atoms with van der Waals surface area (Å²) in [6, 6.07) is 12.6. The Kier molecular flexibility index (Phi) is 1.19. The Morgan fingerprint density at radius 3 is 2.54 bits per heavy atom. The molecular formula is C11H8N2. The quantitative estimate of drug-likeness (QED) is 0.549. The van der Waals surface area contributed by atoms with E-state index in [9.17, 15) is 0 Å². The van der Waals surface area contributed by atoms with Crippen molar-refractivity contribution in [3.05, 3.63) is 42.6 Å². The summed E-state index contributed by atoms with van der Waals surface area (Å²) in [4.78, 5) is 0. The minimum Gasteiger partial charge on any atom is -0.278 e. The third-order valence-electron chi connectivity index (χ3n) is 2.31. The van der Waals surface area contributed by atoms with Crippen molar-refractivity contribution >= 4 is 21.7 Å². The van der Waals surface area contributed by atoms with Crippen LogP contribution in [0.15, 0.2) is 42.6 Å². The SMILES string of the molecule is c1ccc2cc3[nH]ncc3cc2c1. The molecule has 2 nitrogen and oxygen atoms in total. The van der Waals surface area contributed by atoms with Crippen LogP contribution in [0, 0.1) is 0 Å². The van der Waals surface area contributed by atoms with Gasteiger partial charge in [-0.05, 0) is 22.9 Å². The monoisotopic (exact) mass is 168 g/mol. The molecule has 2 heteroatoms. The zero-order valence-electron chi connectivity index (χ0n) is 6.99. The average molecular weight is 168 g/mol. The second kappa shape index (κ2) is 2.33. The molecule has 0 unspecified atom stereocenters. The Morgan fingerprint density at radius 1 is 0.923 bits per heavy atom. The molecule has 3 aromatic rings. The summed E-state index contributed by atoms with van der Waals surface area (Å²) in [5, 5.41) is 10.6. The lowest BCUT2D eigenvalue weighted by atomic mass is 10.1. The maximum atomic E-state index is 4.00. The Labute approximate surface area is 75.2 Å². The maximum Gasteiger partial charge on any atom is 0.0656 e. The van der Waals surface area contributed by atoms with Gasteiger partial charge in [0, 0.05) is 5.39 Å². The van der Waals surface area contributed by atoms with Gasteiger partial charge in [0.25, 0.3) is 0 Å². The molecule has 13 heavy (non-hydrogen) atoms. The zero-order valence-corrected chi connectivity index (χ0v) is 6.99. The molecule has 0 aliphatic carbocycles. The van der Waals surface area contributed by atoms with Gasteiger partial charge in [0.05, 0.1) is 11.7 Å². The predicted molar refractivity (Wildman–Crippen MR) is 53.6 cm³/mol. The molecule has 2 aromatic carbocycles. The summed E-state index contributed by atoms with van der Waals surface area (Å²) >= 11 is 0. The fourth-order valence-electron chi connectivity index (χ4n) is 1.63. The van der Waals surface area contributed by atoms with Crippen molar-refractivity contribution in [1.29, 1.82) is 0 Å². The molecule has 0 aliphatic heterocycles. The van der Waals surface area contributed by atoms with Crippen molar-refractivity contribution in [3.63, 3.8) is 0 Å². The first-order valence-corrected chi connectivity index (χ1v) is 4.25. The molecule has 1 heterocycles. The van der Waals surface area contributed by atoms with E-state index in [1.54, 1.807) is 0 Å². The Balaban J connectivity index is 2.57. The van der Waals surface area contributed by atoms with Crippen molar-refractivity contribution in [2.45, 2.75) is 0 Å². The second-order valence-corrected chi connectivity index (χ2v) is 3.16. The number of aromatic nitrogens is 2. The third kappa shape index (κ3) is 0.920. The molecule has 0 spiro atoms. The molecule has 1 N–H and O–H groups in total. The highest BCUT2D eigenvalue weighted by Gasteiger charge is 1.97. The van der Waals surface area contributed by atoms with E-state index in [1.807, 2.05) is 18.3 Å². The number of hydrogen-bond acceptors (Lipinski definition) is 1. The van der Waals surface area contributed by atoms with E-state index in [1.165, 1.54) is 16.2 Å². The lowest BCUT2D eigenvalue weighted by Gasteiger charge is -1.96. The Morgan fingerprint density at radius 2 is 1.69 bits per heavy atom. The molecule has 0 saturated carbocycles. The van der Waals surface area contributed by atoms with Gasteiger partial charge in [0.1, 0.15) is 0 Å². The number of benzene rings is 2. The van der Waals surface area contributed by atoms with Gasteiger partial charge in [0.2, 0.25) is 0 Å². The maximum absolute atomic E-state index is 4.00. The molecule has 0 fully saturated rings. The van der Waals surface area contributed by atoms with E-state index in [4.69, 9.17) is 0 Å². The third-order valence-corrected chi connectivity index (χ3v) is 2.31. The van der Waals surface area contributed by atoms with Crippen molar-refractivity contribution in [2.24, 2.45) is 0 Å². The second-order valence-electron chi connectivity index (χ2n) is 3.16. The molecule has 1 aromatic heterocycles. The van der Waals surface area contributed by atoms with E-state index >= 15 is 0 Å². The van der Waals surface area contributed by atoms with E-state index < -0.39 is 0 Å². The molecule has 0 aliphatic rings. The van der Waals surface area contributed by atoms with Crippen LogP contribution in [0.3, 0.4) is 0 Å². The highest BCUT2D eigenvalue weighted by molar-refractivity contribution is 5.96. The fraction of sp³-hybridized carbons (Fsp3) is 0. The largest absolute Gasteiger partial charge is 0.278 e. The summed E-state index contributed by atoms with van der Waals surface area (Å²) in [6.07, 6.45) is 1.85. The summed E-state index contributed by atoms with van der Waals surface area (Å²) in [7, 11) is 0. The van der Waals surface area contributed by atoms with E-state index in [2.05, 4.69) is 34.5 Å². The van der Waals surface area contributed by atoms with Gasteiger partial charge in [-0.2, -0.15) is 5.10 Å². The van der Waals surface area contributed by atoms with Crippen molar-refractivity contribution in [2.75, 3.05) is 0 Å². The topological polar surface area (TPSA) is 28.7 Å². The number of nitrogens with one attached hydrogen (secondary N) is 1. The summed E-state index contributed by atoms with van der Waals surface area (Å²) in [6.45, 7) is 0. The van der Waals surface area contributed by atoms with Gasteiger partial charge in [-0.3, -0.25) is 5.10 Å². The molecule has 62 valence electrons. The first-order chi connectivity index (χ1) is 6.43. The molecule has 0 atom stereocenters. The molecular weight excluding hydrogens is 160 g/mol. The lowest BCUT2D eigenvalue weighted by Crippen LogP contribution is -1.72. The molecule has 0 bridgehead atoms. The van der Waals surface area contributed by atoms with E-state index in [0.29, 0.717) is 0 Å². The number of hydrogen-bond donors (Lipinski definition) is 1. The number of fused-ring (bicyclic) bond motifs is 2. The lowest BCUT2D eigenvalue weighted by molar-refractivity contribution is 1.12. The zero-order chi connectivity index (χ0) is 8.67. The Hall–Kier alpha value is -1.83. The van der Waals surface area contributed by atoms with Gasteiger partial charge >= 0.3 is 0 Å². The number of nitrogens with zero attached hydrogens (tertiary/aromatic N) is 1. The molecule has 0 amide bonds. The number of aromatic amines is 1. The predicted octanol–water partition coefficient (Wildman–Crippen LogP) is 2.72. The van der Waals surface area contributed by atoms with Crippen LogP contribution in [0.4, 0.5) is 0 Å². The summed E-state index contributed by atoms with van der Waals surface area (Å²) < 4.78 is 0. The van der Waals surface area contributed by atoms with Gasteiger partial charge < -0.3 is 0 Å². The van der Waals surface area contributed by atoms with Crippen LogP contribution in [0.2, 0.25) is 0 Å². The van der Waals surface area contributed by atoms with E-state index in [-0.39, 0.29) is 0 Å². The first kappa shape index (κ1) is 6.66. The minimum atomic E-state index is 1.10. The average Bonchev–Trinajstić information content (AvgIpc) is 2.61. The Bertz CT molecular complexity index is 517. The van der Waals surface area contributed by atoms with Crippen molar-refractivity contribution in [1.82, 2.24) is 10.2 Å². The normalized spacial score (nSPS) is 11.1. The van der Waals surface area contributed by atoms with Crippen LogP contribution in [-0.4, -0.2) is 10.2 Å². The van der Waals surface area contributed by atoms with Crippen molar-refractivity contribution in [3.8, 4) is 0 Å². The number of rotatable bonds is 0. The van der Waals surface area contributed by atoms with Crippen molar-refractivity contribution < 1.29 is 0 Å². The van der Waals surface area contributed by atoms with Gasteiger partial charge in [-0.15, -0.1) is 0 Å². The smallest absolute Gasteiger partial charge is 0.0656 e. The molecule has 3 rings (SSSR count). The fourth-order valence-corrected chi connectivity index (χ4v) is 1.63. The van der Waals surface area contributed by atoms with Crippen LogP contribution < -0.4 is 0 Å². The summed E-state index contributed by atoms with van der Waals surface area (Å²) in [5.41, 5.74) is 1.10.